The molecule has 1 heterocycles. The van der Waals surface area contributed by atoms with E-state index in [1.54, 1.807) is 29.2 Å². The summed E-state index contributed by atoms with van der Waals surface area (Å²) in [5.74, 6) is 1.40. The molecule has 1 saturated heterocycles. The van der Waals surface area contributed by atoms with Crippen LogP contribution >= 0.6 is 0 Å². The molecule has 2 aromatic carbocycles. The molecule has 0 atom stereocenters. The Kier molecular flexibility index (Phi) is 8.61. The Morgan fingerprint density at radius 3 is 2.52 bits per heavy atom. The number of hydrogen-bond acceptors (Lipinski definition) is 5. The van der Waals surface area contributed by atoms with Crippen LogP contribution in [-0.2, 0) is 16.6 Å². The zero-order valence-corrected chi connectivity index (χ0v) is 20.6. The molecule has 0 saturated carbocycles. The highest BCUT2D eigenvalue weighted by Crippen LogP contribution is 2.30. The van der Waals surface area contributed by atoms with Gasteiger partial charge in [-0.25, -0.2) is 8.42 Å². The molecule has 2 aromatic rings. The van der Waals surface area contributed by atoms with Crippen molar-refractivity contribution in [2.45, 2.75) is 46.6 Å². The maximum atomic E-state index is 13.4. The second-order valence-corrected chi connectivity index (χ2v) is 10.1. The SMILES string of the molecule is CCCOc1ccc(CN(CCC)C(=O)c2cccc(N3CCCS3(=O)=O)c2)cc1OCC. The van der Waals surface area contributed by atoms with Crippen LogP contribution in [0.1, 0.15) is 56.0 Å². The van der Waals surface area contributed by atoms with Crippen LogP contribution in [0.4, 0.5) is 5.69 Å². The van der Waals surface area contributed by atoms with E-state index < -0.39 is 10.0 Å². The van der Waals surface area contributed by atoms with E-state index >= 15 is 0 Å². The minimum Gasteiger partial charge on any atom is -0.490 e. The average molecular weight is 475 g/mol. The van der Waals surface area contributed by atoms with Gasteiger partial charge in [-0.2, -0.15) is 0 Å². The third-order valence-corrected chi connectivity index (χ3v) is 7.27. The molecule has 7 nitrogen and oxygen atoms in total. The Balaban J connectivity index is 1.82. The van der Waals surface area contributed by atoms with Crippen LogP contribution in [0.25, 0.3) is 0 Å². The Bertz CT molecular complexity index is 1050. The molecule has 3 rings (SSSR count). The van der Waals surface area contributed by atoms with Crippen molar-refractivity contribution in [3.05, 3.63) is 53.6 Å². The first kappa shape index (κ1) is 24.9. The van der Waals surface area contributed by atoms with Crippen LogP contribution < -0.4 is 13.8 Å². The molecule has 0 aromatic heterocycles. The summed E-state index contributed by atoms with van der Waals surface area (Å²) in [4.78, 5) is 15.2. The summed E-state index contributed by atoms with van der Waals surface area (Å²) >= 11 is 0. The monoisotopic (exact) mass is 474 g/mol. The quantitative estimate of drug-likeness (QED) is 0.480. The number of carbonyl (C=O) groups excluding carboxylic acids is 1. The highest BCUT2D eigenvalue weighted by Gasteiger charge is 2.29. The fourth-order valence-corrected chi connectivity index (χ4v) is 5.46. The van der Waals surface area contributed by atoms with E-state index in [2.05, 4.69) is 6.92 Å². The number of anilines is 1. The van der Waals surface area contributed by atoms with Gasteiger partial charge in [0.25, 0.3) is 5.91 Å². The number of benzene rings is 2. The molecule has 1 aliphatic heterocycles. The molecule has 33 heavy (non-hydrogen) atoms. The van der Waals surface area contributed by atoms with E-state index in [0.717, 1.165) is 18.4 Å². The number of rotatable bonds is 11. The van der Waals surface area contributed by atoms with Crippen molar-refractivity contribution >= 4 is 21.6 Å². The lowest BCUT2D eigenvalue weighted by Crippen LogP contribution is -2.31. The van der Waals surface area contributed by atoms with Gasteiger partial charge in [0.05, 0.1) is 24.7 Å². The number of sulfonamides is 1. The molecule has 1 aliphatic rings. The number of nitrogens with zero attached hydrogens (tertiary/aromatic N) is 2. The minimum atomic E-state index is -3.30. The smallest absolute Gasteiger partial charge is 0.254 e. The summed E-state index contributed by atoms with van der Waals surface area (Å²) in [6.45, 7) is 8.61. The first-order valence-corrected chi connectivity index (χ1v) is 13.3. The van der Waals surface area contributed by atoms with Crippen LogP contribution in [-0.4, -0.2) is 51.3 Å². The maximum absolute atomic E-state index is 13.4. The van der Waals surface area contributed by atoms with Crippen molar-refractivity contribution in [2.24, 2.45) is 0 Å². The van der Waals surface area contributed by atoms with Gasteiger partial charge in [0.1, 0.15) is 0 Å². The highest BCUT2D eigenvalue weighted by molar-refractivity contribution is 7.93. The predicted octanol–water partition coefficient (Wildman–Crippen LogP) is 4.47. The third kappa shape index (κ3) is 6.19. The van der Waals surface area contributed by atoms with E-state index in [1.165, 1.54) is 4.31 Å². The van der Waals surface area contributed by atoms with Gasteiger partial charge >= 0.3 is 0 Å². The maximum Gasteiger partial charge on any atom is 0.254 e. The highest BCUT2D eigenvalue weighted by atomic mass is 32.2. The van der Waals surface area contributed by atoms with Crippen molar-refractivity contribution in [2.75, 3.05) is 36.4 Å². The largest absolute Gasteiger partial charge is 0.490 e. The Hall–Kier alpha value is -2.74. The lowest BCUT2D eigenvalue weighted by molar-refractivity contribution is 0.0743. The zero-order valence-electron chi connectivity index (χ0n) is 19.7. The summed E-state index contributed by atoms with van der Waals surface area (Å²) in [6.07, 6.45) is 2.31. The number of hydrogen-bond donors (Lipinski definition) is 0. The molecule has 180 valence electrons. The molecule has 0 bridgehead atoms. The van der Waals surface area contributed by atoms with Crippen LogP contribution in [0.2, 0.25) is 0 Å². The minimum absolute atomic E-state index is 0.125. The Morgan fingerprint density at radius 2 is 1.85 bits per heavy atom. The van der Waals surface area contributed by atoms with Gasteiger partial charge in [-0.05, 0) is 62.1 Å². The number of ether oxygens (including phenoxy) is 2. The van der Waals surface area contributed by atoms with Crippen molar-refractivity contribution in [1.29, 1.82) is 0 Å². The van der Waals surface area contributed by atoms with Crippen LogP contribution in [0, 0.1) is 0 Å². The summed E-state index contributed by atoms with van der Waals surface area (Å²) in [6, 6.07) is 12.7. The van der Waals surface area contributed by atoms with E-state index in [9.17, 15) is 13.2 Å². The summed E-state index contributed by atoms with van der Waals surface area (Å²) in [7, 11) is -3.30. The van der Waals surface area contributed by atoms with E-state index in [1.807, 2.05) is 32.0 Å². The summed E-state index contributed by atoms with van der Waals surface area (Å²) in [5.41, 5.74) is 1.98. The molecule has 0 N–H and O–H groups in total. The average Bonchev–Trinajstić information content (AvgIpc) is 3.17. The van der Waals surface area contributed by atoms with Crippen LogP contribution in [0.15, 0.2) is 42.5 Å². The van der Waals surface area contributed by atoms with Gasteiger partial charge in [-0.3, -0.25) is 9.10 Å². The van der Waals surface area contributed by atoms with Gasteiger partial charge in [-0.1, -0.05) is 26.0 Å². The predicted molar refractivity (Wildman–Crippen MR) is 131 cm³/mol. The van der Waals surface area contributed by atoms with Crippen molar-refractivity contribution < 1.29 is 22.7 Å². The molecule has 0 unspecified atom stereocenters. The molecule has 0 aliphatic carbocycles. The van der Waals surface area contributed by atoms with Gasteiger partial charge in [-0.15, -0.1) is 0 Å². The summed E-state index contributed by atoms with van der Waals surface area (Å²) < 4.78 is 37.6. The topological polar surface area (TPSA) is 76.2 Å². The van der Waals surface area contributed by atoms with Gasteiger partial charge in [0.2, 0.25) is 10.0 Å². The molecule has 0 radical (unpaired) electrons. The standard InChI is InChI=1S/C25H34N2O5S/c1-4-13-26(19-20-11-12-23(32-15-5-2)24(17-20)31-6-3)25(28)21-9-7-10-22(18-21)27-14-8-16-33(27,29)30/h7,9-12,17-18H,4-6,8,13-16,19H2,1-3H3. The second kappa shape index (κ2) is 11.4. The first-order valence-electron chi connectivity index (χ1n) is 11.7. The molecule has 1 amide bonds. The van der Waals surface area contributed by atoms with Crippen molar-refractivity contribution in [3.63, 3.8) is 0 Å². The second-order valence-electron chi connectivity index (χ2n) is 8.08. The lowest BCUT2D eigenvalue weighted by Gasteiger charge is -2.24. The van der Waals surface area contributed by atoms with E-state index in [-0.39, 0.29) is 11.7 Å². The number of amides is 1. The van der Waals surface area contributed by atoms with E-state index in [4.69, 9.17) is 9.47 Å². The molecular formula is C25H34N2O5S. The Morgan fingerprint density at radius 1 is 1.03 bits per heavy atom. The van der Waals surface area contributed by atoms with Crippen molar-refractivity contribution in [3.8, 4) is 11.5 Å². The van der Waals surface area contributed by atoms with Crippen LogP contribution in [0.5, 0.6) is 11.5 Å². The molecule has 0 spiro atoms. The Labute approximate surface area is 197 Å². The fourth-order valence-electron chi connectivity index (χ4n) is 3.90. The fraction of sp³-hybridized carbons (Fsp3) is 0.480. The molecule has 1 fully saturated rings. The van der Waals surface area contributed by atoms with Gasteiger partial charge in [0.15, 0.2) is 11.5 Å². The van der Waals surface area contributed by atoms with Crippen LogP contribution in [0.3, 0.4) is 0 Å². The van der Waals surface area contributed by atoms with Gasteiger partial charge < -0.3 is 14.4 Å². The number of carbonyl (C=O) groups is 1. The zero-order chi connectivity index (χ0) is 23.8. The third-order valence-electron chi connectivity index (χ3n) is 5.40. The lowest BCUT2D eigenvalue weighted by atomic mass is 10.1. The normalized spacial score (nSPS) is 14.8. The first-order chi connectivity index (χ1) is 15.9. The molecular weight excluding hydrogens is 440 g/mol. The van der Waals surface area contributed by atoms with Crippen molar-refractivity contribution in [1.82, 2.24) is 4.90 Å². The molecule has 8 heteroatoms. The van der Waals surface area contributed by atoms with E-state index in [0.29, 0.717) is 62.0 Å². The van der Waals surface area contributed by atoms with Gasteiger partial charge in [0, 0.05) is 25.2 Å². The summed E-state index contributed by atoms with van der Waals surface area (Å²) in [5, 5.41) is 0.